The molecule has 0 bridgehead atoms. The fourth-order valence-electron chi connectivity index (χ4n) is 2.16. The molecule has 154 valence electrons. The van der Waals surface area contributed by atoms with Gasteiger partial charge in [0.25, 0.3) is 5.91 Å². The predicted octanol–water partition coefficient (Wildman–Crippen LogP) is 0.615. The van der Waals surface area contributed by atoms with Crippen molar-refractivity contribution in [3.63, 3.8) is 0 Å². The van der Waals surface area contributed by atoms with Crippen molar-refractivity contribution in [1.29, 1.82) is 0 Å². The molecule has 0 radical (unpaired) electrons. The Bertz CT molecular complexity index is 598. The zero-order valence-corrected chi connectivity index (χ0v) is 17.3. The number of likely N-dealkylation sites (N-methyl/N-ethyl adjacent to an activating group) is 1. The molecule has 0 aliphatic carbocycles. The van der Waals surface area contributed by atoms with Gasteiger partial charge in [-0.25, -0.2) is 0 Å². The first-order chi connectivity index (χ1) is 12.0. The second-order valence-corrected chi connectivity index (χ2v) is 5.39. The minimum absolute atomic E-state index is 0. The van der Waals surface area contributed by atoms with E-state index in [0.717, 1.165) is 19.6 Å². The normalized spacial score (nSPS) is 9.63. The van der Waals surface area contributed by atoms with Crippen LogP contribution in [0.15, 0.2) is 24.3 Å². The molecule has 1 aromatic rings. The number of amides is 3. The number of nitrogens with zero attached hydrogens (tertiary/aromatic N) is 1. The first-order valence-electron chi connectivity index (χ1n) is 8.37. The van der Waals surface area contributed by atoms with Crippen LogP contribution in [0.1, 0.15) is 24.2 Å². The minimum Gasteiger partial charge on any atom is -0.351 e. The van der Waals surface area contributed by atoms with Gasteiger partial charge in [-0.15, -0.1) is 24.8 Å². The highest BCUT2D eigenvalue weighted by molar-refractivity contribution is 5.98. The van der Waals surface area contributed by atoms with E-state index in [1.54, 1.807) is 24.3 Å². The Hall–Kier alpha value is -1.87. The fraction of sp³-hybridized carbons (Fsp3) is 0.471. The van der Waals surface area contributed by atoms with Crippen molar-refractivity contribution in [2.45, 2.75) is 13.8 Å². The topological polar surface area (TPSA) is 117 Å². The van der Waals surface area contributed by atoms with E-state index in [-0.39, 0.29) is 49.7 Å². The highest BCUT2D eigenvalue weighted by atomic mass is 35.5. The Morgan fingerprint density at radius 2 is 1.70 bits per heavy atom. The third-order valence-electron chi connectivity index (χ3n) is 3.65. The van der Waals surface area contributed by atoms with Gasteiger partial charge in [0.2, 0.25) is 11.8 Å². The van der Waals surface area contributed by atoms with Gasteiger partial charge < -0.3 is 26.6 Å². The van der Waals surface area contributed by atoms with Gasteiger partial charge in [-0.05, 0) is 31.3 Å². The molecular formula is C17H29Cl2N5O3. The SMILES string of the molecule is CCN(CC)CCNC(=O)c1cccc(NC(=O)CNC(=O)CN)c1.Cl.Cl. The molecule has 0 aliphatic heterocycles. The number of anilines is 1. The molecular weight excluding hydrogens is 393 g/mol. The van der Waals surface area contributed by atoms with Crippen LogP contribution in [0.2, 0.25) is 0 Å². The first-order valence-corrected chi connectivity index (χ1v) is 8.37. The molecule has 10 heteroatoms. The van der Waals surface area contributed by atoms with E-state index in [0.29, 0.717) is 17.8 Å². The largest absolute Gasteiger partial charge is 0.351 e. The molecule has 8 nitrogen and oxygen atoms in total. The molecule has 0 atom stereocenters. The van der Waals surface area contributed by atoms with Gasteiger partial charge in [0.1, 0.15) is 0 Å². The Morgan fingerprint density at radius 1 is 1.04 bits per heavy atom. The van der Waals surface area contributed by atoms with E-state index in [1.807, 2.05) is 0 Å². The van der Waals surface area contributed by atoms with Crippen molar-refractivity contribution in [2.24, 2.45) is 5.73 Å². The zero-order valence-electron chi connectivity index (χ0n) is 15.6. The Labute approximate surface area is 172 Å². The lowest BCUT2D eigenvalue weighted by Crippen LogP contribution is -2.36. The molecule has 0 saturated heterocycles. The molecule has 0 unspecified atom stereocenters. The second kappa shape index (κ2) is 15.2. The van der Waals surface area contributed by atoms with Gasteiger partial charge in [-0.3, -0.25) is 14.4 Å². The first kappa shape index (κ1) is 27.3. The van der Waals surface area contributed by atoms with E-state index >= 15 is 0 Å². The number of carbonyl (C=O) groups is 3. The lowest BCUT2D eigenvalue weighted by atomic mass is 10.2. The molecule has 0 aliphatic rings. The Kier molecular flexibility index (Phi) is 15.4. The summed E-state index contributed by atoms with van der Waals surface area (Å²) < 4.78 is 0. The lowest BCUT2D eigenvalue weighted by molar-refractivity contribution is -0.123. The summed E-state index contributed by atoms with van der Waals surface area (Å²) in [4.78, 5) is 37.2. The minimum atomic E-state index is -0.406. The van der Waals surface area contributed by atoms with Crippen LogP contribution in [0, 0.1) is 0 Å². The van der Waals surface area contributed by atoms with Gasteiger partial charge in [-0.2, -0.15) is 0 Å². The van der Waals surface area contributed by atoms with E-state index in [4.69, 9.17) is 5.73 Å². The highest BCUT2D eigenvalue weighted by Gasteiger charge is 2.09. The van der Waals surface area contributed by atoms with Crippen LogP contribution in [-0.4, -0.2) is 61.9 Å². The molecule has 5 N–H and O–H groups in total. The average Bonchev–Trinajstić information content (AvgIpc) is 2.63. The molecule has 0 aromatic heterocycles. The zero-order chi connectivity index (χ0) is 18.7. The molecule has 27 heavy (non-hydrogen) atoms. The van der Waals surface area contributed by atoms with Crippen LogP contribution < -0.4 is 21.7 Å². The summed E-state index contributed by atoms with van der Waals surface area (Å²) in [6, 6.07) is 6.64. The summed E-state index contributed by atoms with van der Waals surface area (Å²) >= 11 is 0. The Balaban J connectivity index is 0. The van der Waals surface area contributed by atoms with Gasteiger partial charge in [-0.1, -0.05) is 19.9 Å². The van der Waals surface area contributed by atoms with Crippen molar-refractivity contribution in [3.8, 4) is 0 Å². The third kappa shape index (κ3) is 10.8. The number of hydrogen-bond donors (Lipinski definition) is 4. The summed E-state index contributed by atoms with van der Waals surface area (Å²) in [6.07, 6.45) is 0. The molecule has 3 amide bonds. The molecule has 0 fully saturated rings. The van der Waals surface area contributed by atoms with E-state index in [9.17, 15) is 14.4 Å². The lowest BCUT2D eigenvalue weighted by Gasteiger charge is -2.18. The number of nitrogens with two attached hydrogens (primary N) is 1. The number of hydrogen-bond acceptors (Lipinski definition) is 5. The molecule has 1 rings (SSSR count). The summed E-state index contributed by atoms with van der Waals surface area (Å²) in [5.74, 6) is -0.989. The van der Waals surface area contributed by atoms with Crippen LogP contribution in [0.4, 0.5) is 5.69 Å². The maximum absolute atomic E-state index is 12.2. The van der Waals surface area contributed by atoms with Crippen molar-refractivity contribution < 1.29 is 14.4 Å². The number of benzene rings is 1. The van der Waals surface area contributed by atoms with Gasteiger partial charge in [0.15, 0.2) is 0 Å². The summed E-state index contributed by atoms with van der Waals surface area (Å²) in [6.45, 7) is 7.04. The van der Waals surface area contributed by atoms with E-state index < -0.39 is 5.91 Å². The summed E-state index contributed by atoms with van der Waals surface area (Å²) in [7, 11) is 0. The van der Waals surface area contributed by atoms with Crippen LogP contribution in [0.25, 0.3) is 0 Å². The van der Waals surface area contributed by atoms with E-state index in [2.05, 4.69) is 34.7 Å². The average molecular weight is 422 g/mol. The van der Waals surface area contributed by atoms with Crippen molar-refractivity contribution in [3.05, 3.63) is 29.8 Å². The van der Waals surface area contributed by atoms with Gasteiger partial charge in [0.05, 0.1) is 13.1 Å². The number of rotatable bonds is 10. The maximum atomic E-state index is 12.2. The van der Waals surface area contributed by atoms with Gasteiger partial charge >= 0.3 is 0 Å². The monoisotopic (exact) mass is 421 g/mol. The van der Waals surface area contributed by atoms with Crippen LogP contribution >= 0.6 is 24.8 Å². The van der Waals surface area contributed by atoms with Crippen molar-refractivity contribution in [2.75, 3.05) is 44.6 Å². The number of halogens is 2. The predicted molar refractivity (Wildman–Crippen MR) is 112 cm³/mol. The number of nitrogens with one attached hydrogen (secondary N) is 3. The maximum Gasteiger partial charge on any atom is 0.251 e. The third-order valence-corrected chi connectivity index (χ3v) is 3.65. The van der Waals surface area contributed by atoms with Crippen molar-refractivity contribution >= 4 is 48.2 Å². The van der Waals surface area contributed by atoms with Crippen LogP contribution in [0.3, 0.4) is 0 Å². The highest BCUT2D eigenvalue weighted by Crippen LogP contribution is 2.10. The molecule has 0 saturated carbocycles. The fourth-order valence-corrected chi connectivity index (χ4v) is 2.16. The number of carbonyl (C=O) groups excluding carboxylic acids is 3. The van der Waals surface area contributed by atoms with Crippen LogP contribution in [-0.2, 0) is 9.59 Å². The smallest absolute Gasteiger partial charge is 0.251 e. The Morgan fingerprint density at radius 3 is 2.30 bits per heavy atom. The van der Waals surface area contributed by atoms with Crippen LogP contribution in [0.5, 0.6) is 0 Å². The molecule has 0 spiro atoms. The van der Waals surface area contributed by atoms with Gasteiger partial charge in [0, 0.05) is 24.3 Å². The summed E-state index contributed by atoms with van der Waals surface area (Å²) in [5, 5.41) is 7.87. The van der Waals surface area contributed by atoms with Crippen molar-refractivity contribution in [1.82, 2.24) is 15.5 Å². The standard InChI is InChI=1S/C17H27N5O3.2ClH/c1-3-22(4-2)9-8-19-17(25)13-6-5-7-14(10-13)21-16(24)12-20-15(23)11-18;;/h5-7,10H,3-4,8-9,11-12,18H2,1-2H3,(H,19,25)(H,20,23)(H,21,24);2*1H. The molecule has 0 heterocycles. The molecule has 1 aromatic carbocycles. The summed E-state index contributed by atoms with van der Waals surface area (Å²) in [5.41, 5.74) is 6.10. The second-order valence-electron chi connectivity index (χ2n) is 5.39. The quantitative estimate of drug-likeness (QED) is 0.441. The van der Waals surface area contributed by atoms with E-state index in [1.165, 1.54) is 0 Å².